The van der Waals surface area contributed by atoms with E-state index in [2.05, 4.69) is 35.3 Å². The summed E-state index contributed by atoms with van der Waals surface area (Å²) in [6.45, 7) is 4.63. The summed E-state index contributed by atoms with van der Waals surface area (Å²) in [4.78, 5) is 7.12. The first kappa shape index (κ1) is 20.1. The summed E-state index contributed by atoms with van der Waals surface area (Å²) < 4.78 is 13.1. The van der Waals surface area contributed by atoms with Gasteiger partial charge in [-0.25, -0.2) is 4.39 Å². The van der Waals surface area contributed by atoms with Crippen LogP contribution < -0.4 is 5.73 Å². The second kappa shape index (κ2) is 10.1. The molecule has 2 aliphatic rings. The lowest BCUT2D eigenvalue weighted by Gasteiger charge is -2.42. The molecule has 4 heteroatoms. The van der Waals surface area contributed by atoms with Crippen molar-refractivity contribution in [2.75, 3.05) is 19.6 Å². The van der Waals surface area contributed by atoms with Gasteiger partial charge in [0.2, 0.25) is 0 Å². The molecule has 0 saturated carbocycles. The second-order valence-corrected chi connectivity index (χ2v) is 7.47. The molecular formula is C24H30FN3. The number of benzene rings is 1. The molecule has 0 amide bonds. The van der Waals surface area contributed by atoms with Crippen LogP contribution in [-0.4, -0.2) is 30.4 Å². The highest BCUT2D eigenvalue weighted by molar-refractivity contribution is 5.98. The van der Waals surface area contributed by atoms with Gasteiger partial charge in [0.25, 0.3) is 0 Å². The average Bonchev–Trinajstić information content (AvgIpc) is 2.94. The van der Waals surface area contributed by atoms with Gasteiger partial charge in [0.1, 0.15) is 11.7 Å². The summed E-state index contributed by atoms with van der Waals surface area (Å²) in [5.74, 6) is 1.24. The number of aliphatic imine (C=N–C) groups is 1. The van der Waals surface area contributed by atoms with E-state index < -0.39 is 0 Å². The molecule has 0 aromatic heterocycles. The number of hydrogen-bond donors (Lipinski definition) is 1. The third kappa shape index (κ3) is 5.44. The lowest BCUT2D eigenvalue weighted by atomic mass is 9.91. The van der Waals surface area contributed by atoms with Crippen molar-refractivity contribution in [3.8, 4) is 0 Å². The van der Waals surface area contributed by atoms with Crippen LogP contribution in [0.1, 0.15) is 44.1 Å². The SMILES string of the molecule is CC(=C\N)/C(=N\CCCCC1=CCC=CC=C1)N1CC(c2ccc(F)cc2)C1. The summed E-state index contributed by atoms with van der Waals surface area (Å²) in [5, 5.41) is 0. The van der Waals surface area contributed by atoms with Crippen molar-refractivity contribution in [3.63, 3.8) is 0 Å². The Bertz CT molecular complexity index is 794. The number of hydrogen-bond acceptors (Lipinski definition) is 2. The second-order valence-electron chi connectivity index (χ2n) is 7.47. The van der Waals surface area contributed by atoms with Crippen LogP contribution in [0.4, 0.5) is 4.39 Å². The van der Waals surface area contributed by atoms with Gasteiger partial charge in [-0.3, -0.25) is 4.99 Å². The van der Waals surface area contributed by atoms with Gasteiger partial charge in [-0.15, -0.1) is 0 Å². The minimum Gasteiger partial charge on any atom is -0.404 e. The third-order valence-corrected chi connectivity index (χ3v) is 5.33. The highest BCUT2D eigenvalue weighted by Crippen LogP contribution is 2.28. The molecule has 1 aromatic carbocycles. The van der Waals surface area contributed by atoms with Crippen LogP contribution in [-0.2, 0) is 0 Å². The van der Waals surface area contributed by atoms with Gasteiger partial charge in [0.05, 0.1) is 0 Å². The number of likely N-dealkylation sites (tertiary alicyclic amines) is 1. The van der Waals surface area contributed by atoms with Crippen LogP contribution in [0.5, 0.6) is 0 Å². The maximum Gasteiger partial charge on any atom is 0.127 e. The molecule has 1 saturated heterocycles. The van der Waals surface area contributed by atoms with Crippen LogP contribution in [0, 0.1) is 5.82 Å². The van der Waals surface area contributed by atoms with Crippen LogP contribution in [0.15, 0.2) is 77.0 Å². The molecule has 28 heavy (non-hydrogen) atoms. The largest absolute Gasteiger partial charge is 0.404 e. The monoisotopic (exact) mass is 379 g/mol. The van der Waals surface area contributed by atoms with Gasteiger partial charge < -0.3 is 10.6 Å². The van der Waals surface area contributed by atoms with Gasteiger partial charge in [0, 0.05) is 37.3 Å². The maximum atomic E-state index is 13.1. The normalized spacial score (nSPS) is 18.1. The summed E-state index contributed by atoms with van der Waals surface area (Å²) >= 11 is 0. The Labute approximate surface area is 167 Å². The van der Waals surface area contributed by atoms with Crippen molar-refractivity contribution in [3.05, 3.63) is 83.4 Å². The lowest BCUT2D eigenvalue weighted by Crippen LogP contribution is -2.49. The van der Waals surface area contributed by atoms with Gasteiger partial charge in [0.15, 0.2) is 0 Å². The Balaban J connectivity index is 1.48. The number of rotatable bonds is 7. The highest BCUT2D eigenvalue weighted by Gasteiger charge is 2.30. The molecule has 3 rings (SSSR count). The maximum absolute atomic E-state index is 13.1. The van der Waals surface area contributed by atoms with E-state index in [-0.39, 0.29) is 5.82 Å². The first-order chi connectivity index (χ1) is 13.7. The Morgan fingerprint density at radius 1 is 1.21 bits per heavy atom. The summed E-state index contributed by atoms with van der Waals surface area (Å²) in [5.41, 5.74) is 9.37. The molecule has 2 N–H and O–H groups in total. The first-order valence-electron chi connectivity index (χ1n) is 10.1. The molecule has 0 radical (unpaired) electrons. The summed E-state index contributed by atoms with van der Waals surface area (Å²) in [7, 11) is 0. The van der Waals surface area contributed by atoms with Gasteiger partial charge in [-0.2, -0.15) is 0 Å². The Hall–Kier alpha value is -2.62. The van der Waals surface area contributed by atoms with E-state index >= 15 is 0 Å². The van der Waals surface area contributed by atoms with Crippen LogP contribution in [0.25, 0.3) is 0 Å². The van der Waals surface area contributed by atoms with Crippen molar-refractivity contribution < 1.29 is 4.39 Å². The quantitative estimate of drug-likeness (QED) is 0.407. The third-order valence-electron chi connectivity index (χ3n) is 5.33. The van der Waals surface area contributed by atoms with E-state index in [9.17, 15) is 4.39 Å². The molecule has 1 fully saturated rings. The summed E-state index contributed by atoms with van der Waals surface area (Å²) in [6.07, 6.45) is 16.9. The number of allylic oxidation sites excluding steroid dienone is 6. The molecule has 1 aliphatic heterocycles. The van der Waals surface area contributed by atoms with Crippen molar-refractivity contribution in [2.24, 2.45) is 10.7 Å². The minimum atomic E-state index is -0.185. The predicted molar refractivity (Wildman–Crippen MR) is 116 cm³/mol. The molecule has 1 heterocycles. The van der Waals surface area contributed by atoms with Crippen LogP contribution >= 0.6 is 0 Å². The van der Waals surface area contributed by atoms with E-state index in [4.69, 9.17) is 10.7 Å². The van der Waals surface area contributed by atoms with Crippen LogP contribution in [0.3, 0.4) is 0 Å². The Morgan fingerprint density at radius 3 is 2.75 bits per heavy atom. The fourth-order valence-electron chi connectivity index (χ4n) is 3.58. The van der Waals surface area contributed by atoms with Crippen molar-refractivity contribution in [2.45, 2.75) is 38.5 Å². The Kier molecular flexibility index (Phi) is 7.24. The number of unbranched alkanes of at least 4 members (excludes halogenated alkanes) is 1. The fourth-order valence-corrected chi connectivity index (χ4v) is 3.58. The lowest BCUT2D eigenvalue weighted by molar-refractivity contribution is 0.252. The van der Waals surface area contributed by atoms with Crippen LogP contribution in [0.2, 0.25) is 0 Å². The Morgan fingerprint density at radius 2 is 2.00 bits per heavy atom. The molecule has 1 aromatic rings. The van der Waals surface area contributed by atoms with Crippen molar-refractivity contribution >= 4 is 5.84 Å². The fraction of sp³-hybridized carbons (Fsp3) is 0.375. The standard InChI is InChI=1S/C24H30FN3/c1-19(16-26)24(27-15-7-6-10-20-8-4-2-3-5-9-20)28-17-22(18-28)21-11-13-23(25)14-12-21/h2-4,8-9,11-14,16,22H,5-7,10,15,17-18,26H2,1H3/b19-16+,27-24+. The molecule has 1 aliphatic carbocycles. The zero-order chi connectivity index (χ0) is 19.8. The first-order valence-corrected chi connectivity index (χ1v) is 10.1. The van der Waals surface area contributed by atoms with E-state index in [1.165, 1.54) is 23.3 Å². The molecule has 0 bridgehead atoms. The van der Waals surface area contributed by atoms with E-state index in [1.54, 1.807) is 6.20 Å². The topological polar surface area (TPSA) is 41.6 Å². The predicted octanol–water partition coefficient (Wildman–Crippen LogP) is 5.10. The molecule has 0 atom stereocenters. The number of amidine groups is 1. The molecule has 148 valence electrons. The number of nitrogens with zero attached hydrogens (tertiary/aromatic N) is 2. The summed E-state index contributed by atoms with van der Waals surface area (Å²) in [6, 6.07) is 6.83. The molecule has 0 unspecified atom stereocenters. The zero-order valence-corrected chi connectivity index (χ0v) is 16.7. The highest BCUT2D eigenvalue weighted by atomic mass is 19.1. The van der Waals surface area contributed by atoms with Gasteiger partial charge >= 0.3 is 0 Å². The minimum absolute atomic E-state index is 0.185. The molecular weight excluding hydrogens is 349 g/mol. The molecule has 0 spiro atoms. The van der Waals surface area contributed by atoms with E-state index in [1.807, 2.05) is 19.1 Å². The molecule has 3 nitrogen and oxygen atoms in total. The van der Waals surface area contributed by atoms with E-state index in [0.717, 1.165) is 56.7 Å². The van der Waals surface area contributed by atoms with E-state index in [0.29, 0.717) is 5.92 Å². The van der Waals surface area contributed by atoms with Crippen molar-refractivity contribution in [1.82, 2.24) is 4.90 Å². The number of halogens is 1. The average molecular weight is 380 g/mol. The smallest absolute Gasteiger partial charge is 0.127 e. The zero-order valence-electron chi connectivity index (χ0n) is 16.7. The van der Waals surface area contributed by atoms with Crippen molar-refractivity contribution in [1.29, 1.82) is 0 Å². The number of nitrogens with two attached hydrogens (primary N) is 1. The van der Waals surface area contributed by atoms with Gasteiger partial charge in [-0.05, 0) is 50.3 Å². The van der Waals surface area contributed by atoms with Gasteiger partial charge in [-0.1, -0.05) is 48.1 Å².